The number of ether oxygens (including phenoxy) is 1. The summed E-state index contributed by atoms with van der Waals surface area (Å²) in [6, 6.07) is 3.00. The molecule has 1 aliphatic heterocycles. The quantitative estimate of drug-likeness (QED) is 0.699. The van der Waals surface area contributed by atoms with Crippen LogP contribution < -0.4 is 4.74 Å². The summed E-state index contributed by atoms with van der Waals surface area (Å²) in [4.78, 5) is 0. The molecule has 1 aliphatic carbocycles. The molecule has 19 heavy (non-hydrogen) atoms. The number of phenolic OH excluding ortho intramolecular Hbond substituents is 2. The highest BCUT2D eigenvalue weighted by atomic mass is 16.5. The Balaban J connectivity index is 2.21. The maximum absolute atomic E-state index is 10.2. The van der Waals surface area contributed by atoms with Gasteiger partial charge in [0.2, 0.25) is 0 Å². The molecule has 1 aromatic carbocycles. The second-order valence-electron chi connectivity index (χ2n) is 6.27. The van der Waals surface area contributed by atoms with Crippen molar-refractivity contribution in [2.24, 2.45) is 5.92 Å². The topological polar surface area (TPSA) is 49.7 Å². The van der Waals surface area contributed by atoms with Crippen LogP contribution in [0.4, 0.5) is 0 Å². The average molecular weight is 260 g/mol. The molecule has 0 fully saturated rings. The van der Waals surface area contributed by atoms with E-state index in [1.54, 1.807) is 6.07 Å². The minimum absolute atomic E-state index is 0.0435. The number of benzene rings is 1. The molecule has 0 unspecified atom stereocenters. The minimum Gasteiger partial charge on any atom is -0.508 e. The van der Waals surface area contributed by atoms with Gasteiger partial charge in [0.25, 0.3) is 0 Å². The van der Waals surface area contributed by atoms with Crippen LogP contribution in [-0.4, -0.2) is 15.8 Å². The second-order valence-corrected chi connectivity index (χ2v) is 6.27. The molecule has 0 bridgehead atoms. The molecule has 0 saturated heterocycles. The number of phenols is 2. The first-order chi connectivity index (χ1) is 8.88. The van der Waals surface area contributed by atoms with Gasteiger partial charge in [-0.2, -0.15) is 0 Å². The minimum atomic E-state index is -0.283. The van der Waals surface area contributed by atoms with E-state index in [1.165, 1.54) is 11.6 Å². The Morgan fingerprint density at radius 2 is 2.00 bits per heavy atom. The molecule has 0 saturated carbocycles. The van der Waals surface area contributed by atoms with Gasteiger partial charge in [-0.15, -0.1) is 0 Å². The third-order valence-electron chi connectivity index (χ3n) is 4.45. The Kier molecular flexibility index (Phi) is 2.56. The summed E-state index contributed by atoms with van der Waals surface area (Å²) < 4.78 is 6.04. The smallest absolute Gasteiger partial charge is 0.131 e. The number of fused-ring (bicyclic) bond motifs is 3. The molecule has 3 nitrogen and oxygen atoms in total. The average Bonchev–Trinajstić information content (AvgIpc) is 2.25. The fraction of sp³-hybridized carbons (Fsp3) is 0.500. The Hall–Kier alpha value is -1.64. The molecule has 2 N–H and O–H groups in total. The lowest BCUT2D eigenvalue weighted by Crippen LogP contribution is -2.45. The standard InChI is InChI=1S/C16H20O3/c1-9-4-5-12-11(6-9)15-13(18)7-10(17)8-14(15)19-16(12,2)3/h6-8,11-12,17-18H,4-5H2,1-3H3/t11-,12+/m1/s1. The molecule has 2 aliphatic rings. The highest BCUT2D eigenvalue weighted by Crippen LogP contribution is 2.53. The van der Waals surface area contributed by atoms with E-state index in [1.807, 2.05) is 0 Å². The fourth-order valence-electron chi connectivity index (χ4n) is 3.51. The highest BCUT2D eigenvalue weighted by Gasteiger charge is 2.45. The highest BCUT2D eigenvalue weighted by molar-refractivity contribution is 5.55. The SMILES string of the molecule is CC1=C[C@H]2c3c(O)cc(O)cc3OC(C)(C)[C@H]2CC1. The number of hydrogen-bond donors (Lipinski definition) is 2. The zero-order chi connectivity index (χ0) is 13.8. The summed E-state index contributed by atoms with van der Waals surface area (Å²) in [5, 5.41) is 19.8. The molecule has 2 atom stereocenters. The zero-order valence-corrected chi connectivity index (χ0v) is 11.6. The second kappa shape index (κ2) is 3.92. The van der Waals surface area contributed by atoms with Gasteiger partial charge in [-0.25, -0.2) is 0 Å². The van der Waals surface area contributed by atoms with Crippen LogP contribution in [0.25, 0.3) is 0 Å². The summed E-state index contributed by atoms with van der Waals surface area (Å²) >= 11 is 0. The van der Waals surface area contributed by atoms with Crippen molar-refractivity contribution in [1.82, 2.24) is 0 Å². The first-order valence-electron chi connectivity index (χ1n) is 6.80. The molecular formula is C16H20O3. The predicted octanol–water partition coefficient (Wildman–Crippen LogP) is 3.71. The molecule has 3 rings (SSSR count). The lowest BCUT2D eigenvalue weighted by Gasteiger charge is -2.46. The number of rotatable bonds is 0. The molecule has 0 radical (unpaired) electrons. The number of hydrogen-bond acceptors (Lipinski definition) is 3. The van der Waals surface area contributed by atoms with Gasteiger partial charge in [-0.3, -0.25) is 0 Å². The molecule has 0 spiro atoms. The van der Waals surface area contributed by atoms with Crippen molar-refractivity contribution >= 4 is 0 Å². The largest absolute Gasteiger partial charge is 0.508 e. The van der Waals surface area contributed by atoms with Gasteiger partial charge in [0, 0.05) is 29.5 Å². The summed E-state index contributed by atoms with van der Waals surface area (Å²) in [7, 11) is 0. The van der Waals surface area contributed by atoms with Crippen molar-refractivity contribution in [2.45, 2.75) is 45.1 Å². The van der Waals surface area contributed by atoms with Crippen molar-refractivity contribution in [3.8, 4) is 17.2 Å². The van der Waals surface area contributed by atoms with Gasteiger partial charge in [0.15, 0.2) is 0 Å². The Morgan fingerprint density at radius 1 is 1.26 bits per heavy atom. The maximum atomic E-state index is 10.2. The van der Waals surface area contributed by atoms with E-state index >= 15 is 0 Å². The normalized spacial score (nSPS) is 27.8. The van der Waals surface area contributed by atoms with Gasteiger partial charge >= 0.3 is 0 Å². The van der Waals surface area contributed by atoms with E-state index in [-0.39, 0.29) is 23.0 Å². The van der Waals surface area contributed by atoms with Crippen molar-refractivity contribution in [3.05, 3.63) is 29.3 Å². The van der Waals surface area contributed by atoms with Gasteiger partial charge in [-0.05, 0) is 33.6 Å². The third kappa shape index (κ3) is 1.88. The van der Waals surface area contributed by atoms with Gasteiger partial charge in [-0.1, -0.05) is 11.6 Å². The lowest BCUT2D eigenvalue weighted by molar-refractivity contribution is 0.0106. The fourth-order valence-corrected chi connectivity index (χ4v) is 3.51. The Bertz CT molecular complexity index is 557. The van der Waals surface area contributed by atoms with E-state index in [0.717, 1.165) is 18.4 Å². The predicted molar refractivity (Wildman–Crippen MR) is 73.7 cm³/mol. The van der Waals surface area contributed by atoms with Crippen LogP contribution in [0.5, 0.6) is 17.2 Å². The van der Waals surface area contributed by atoms with E-state index in [9.17, 15) is 10.2 Å². The van der Waals surface area contributed by atoms with Crippen LogP contribution in [0.3, 0.4) is 0 Å². The Morgan fingerprint density at radius 3 is 2.74 bits per heavy atom. The van der Waals surface area contributed by atoms with Gasteiger partial charge in [0.1, 0.15) is 22.8 Å². The van der Waals surface area contributed by atoms with E-state index < -0.39 is 0 Å². The molecular weight excluding hydrogens is 240 g/mol. The summed E-state index contributed by atoms with van der Waals surface area (Å²) in [5.41, 5.74) is 1.90. The van der Waals surface area contributed by atoms with Gasteiger partial charge in [0.05, 0.1) is 0 Å². The first kappa shape index (κ1) is 12.4. The van der Waals surface area contributed by atoms with Crippen LogP contribution in [0.1, 0.15) is 45.1 Å². The van der Waals surface area contributed by atoms with Crippen LogP contribution in [0.15, 0.2) is 23.8 Å². The molecule has 0 aromatic heterocycles. The number of aromatic hydroxyl groups is 2. The van der Waals surface area contributed by atoms with E-state index in [0.29, 0.717) is 11.7 Å². The first-order valence-corrected chi connectivity index (χ1v) is 6.80. The Labute approximate surface area is 113 Å². The lowest BCUT2D eigenvalue weighted by atomic mass is 9.68. The molecule has 102 valence electrons. The van der Waals surface area contributed by atoms with Crippen molar-refractivity contribution in [1.29, 1.82) is 0 Å². The molecule has 1 aromatic rings. The molecule has 0 amide bonds. The van der Waals surface area contributed by atoms with Crippen molar-refractivity contribution in [3.63, 3.8) is 0 Å². The van der Waals surface area contributed by atoms with E-state index in [4.69, 9.17) is 4.74 Å². The molecule has 3 heteroatoms. The summed E-state index contributed by atoms with van der Waals surface area (Å²) in [6.45, 7) is 6.31. The monoisotopic (exact) mass is 260 g/mol. The van der Waals surface area contributed by atoms with Crippen LogP contribution in [0.2, 0.25) is 0 Å². The van der Waals surface area contributed by atoms with Crippen LogP contribution in [0, 0.1) is 5.92 Å². The van der Waals surface area contributed by atoms with Crippen LogP contribution >= 0.6 is 0 Å². The third-order valence-corrected chi connectivity index (χ3v) is 4.45. The summed E-state index contributed by atoms with van der Waals surface area (Å²) in [5.74, 6) is 1.32. The summed E-state index contributed by atoms with van der Waals surface area (Å²) in [6.07, 6.45) is 4.40. The zero-order valence-electron chi connectivity index (χ0n) is 11.6. The molecule has 1 heterocycles. The van der Waals surface area contributed by atoms with Gasteiger partial charge < -0.3 is 14.9 Å². The van der Waals surface area contributed by atoms with E-state index in [2.05, 4.69) is 26.8 Å². The van der Waals surface area contributed by atoms with Crippen molar-refractivity contribution < 1.29 is 14.9 Å². The maximum Gasteiger partial charge on any atom is 0.131 e. The number of allylic oxidation sites excluding steroid dienone is 2. The van der Waals surface area contributed by atoms with Crippen molar-refractivity contribution in [2.75, 3.05) is 0 Å². The van der Waals surface area contributed by atoms with Crippen LogP contribution in [-0.2, 0) is 0 Å².